The van der Waals surface area contributed by atoms with Gasteiger partial charge in [-0.1, -0.05) is 28.1 Å². The first-order chi connectivity index (χ1) is 9.56. The van der Waals surface area contributed by atoms with Crippen molar-refractivity contribution in [3.8, 4) is 0 Å². The molecule has 2 rings (SSSR count). The van der Waals surface area contributed by atoms with E-state index in [0.29, 0.717) is 11.3 Å². The van der Waals surface area contributed by atoms with Gasteiger partial charge in [-0.15, -0.1) is 0 Å². The highest BCUT2D eigenvalue weighted by molar-refractivity contribution is 9.10. The van der Waals surface area contributed by atoms with Gasteiger partial charge in [0.1, 0.15) is 5.82 Å². The Morgan fingerprint density at radius 2 is 1.95 bits per heavy atom. The van der Waals surface area contributed by atoms with Gasteiger partial charge in [0.25, 0.3) is 0 Å². The van der Waals surface area contributed by atoms with Crippen molar-refractivity contribution in [2.45, 2.75) is 0 Å². The number of aromatic carboxylic acids is 1. The molecule has 6 heteroatoms. The van der Waals surface area contributed by atoms with Gasteiger partial charge in [0.2, 0.25) is 0 Å². The van der Waals surface area contributed by atoms with Crippen LogP contribution in [0.4, 0.5) is 10.1 Å². The molecule has 0 amide bonds. The van der Waals surface area contributed by atoms with Crippen molar-refractivity contribution in [3.05, 3.63) is 63.9 Å². The number of hydrogen-bond donors (Lipinski definition) is 1. The Bertz CT molecular complexity index is 657. The predicted molar refractivity (Wildman–Crippen MR) is 76.1 cm³/mol. The van der Waals surface area contributed by atoms with Gasteiger partial charge in [0.15, 0.2) is 0 Å². The van der Waals surface area contributed by atoms with Crippen molar-refractivity contribution in [2.24, 2.45) is 5.10 Å². The number of nitrogens with zero attached hydrogens (tertiary/aromatic N) is 1. The Morgan fingerprint density at radius 1 is 1.25 bits per heavy atom. The second kappa shape index (κ2) is 6.29. The zero-order valence-electron chi connectivity index (χ0n) is 10.1. The molecule has 0 saturated carbocycles. The minimum Gasteiger partial charge on any atom is -0.545 e. The molecular weight excluding hydrogens is 327 g/mol. The first kappa shape index (κ1) is 14.2. The quantitative estimate of drug-likeness (QED) is 0.689. The van der Waals surface area contributed by atoms with E-state index < -0.39 is 5.97 Å². The standard InChI is InChI=1S/C14H10BrFN2O2/c15-11-3-6-13(16)10(7-11)8-17-18-12-4-1-9(2-5-12)14(19)20/h1-8,18H,(H,19,20)/p-1/b17-8-. The fraction of sp³-hybridized carbons (Fsp3) is 0. The average molecular weight is 336 g/mol. The molecule has 0 aliphatic rings. The topological polar surface area (TPSA) is 64.5 Å². The molecular formula is C14H9BrFN2O2-. The lowest BCUT2D eigenvalue weighted by atomic mass is 10.2. The fourth-order valence-corrected chi connectivity index (χ4v) is 1.85. The Balaban J connectivity index is 2.06. The van der Waals surface area contributed by atoms with Crippen LogP contribution in [0.5, 0.6) is 0 Å². The molecule has 0 unspecified atom stereocenters. The number of carboxylic acids is 1. The first-order valence-corrected chi connectivity index (χ1v) is 6.41. The summed E-state index contributed by atoms with van der Waals surface area (Å²) in [5, 5.41) is 14.5. The van der Waals surface area contributed by atoms with Gasteiger partial charge in [0.05, 0.1) is 17.9 Å². The number of hydrazone groups is 1. The van der Waals surface area contributed by atoms with Gasteiger partial charge >= 0.3 is 0 Å². The van der Waals surface area contributed by atoms with Crippen molar-refractivity contribution in [1.29, 1.82) is 0 Å². The smallest absolute Gasteiger partial charge is 0.132 e. The van der Waals surface area contributed by atoms with Crippen LogP contribution >= 0.6 is 15.9 Å². The van der Waals surface area contributed by atoms with E-state index in [1.807, 2.05) is 0 Å². The monoisotopic (exact) mass is 335 g/mol. The normalized spacial score (nSPS) is 10.7. The van der Waals surface area contributed by atoms with E-state index in [1.165, 1.54) is 24.4 Å². The van der Waals surface area contributed by atoms with E-state index in [4.69, 9.17) is 0 Å². The molecule has 2 aromatic rings. The van der Waals surface area contributed by atoms with Crippen LogP contribution in [0.25, 0.3) is 0 Å². The SMILES string of the molecule is O=C([O-])c1ccc(N/N=C\c2cc(Br)ccc2F)cc1. The summed E-state index contributed by atoms with van der Waals surface area (Å²) < 4.78 is 14.2. The van der Waals surface area contributed by atoms with E-state index in [0.717, 1.165) is 4.47 Å². The van der Waals surface area contributed by atoms with E-state index in [-0.39, 0.29) is 11.4 Å². The molecule has 0 heterocycles. The van der Waals surface area contributed by atoms with Crippen molar-refractivity contribution in [1.82, 2.24) is 0 Å². The number of nitrogens with one attached hydrogen (secondary N) is 1. The van der Waals surface area contributed by atoms with Crippen LogP contribution in [0, 0.1) is 5.82 Å². The molecule has 0 spiro atoms. The highest BCUT2D eigenvalue weighted by Gasteiger charge is 1.99. The number of benzene rings is 2. The summed E-state index contributed by atoms with van der Waals surface area (Å²) in [6.07, 6.45) is 1.34. The summed E-state index contributed by atoms with van der Waals surface area (Å²) in [6, 6.07) is 10.4. The Labute approximate surface area is 123 Å². The Kier molecular flexibility index (Phi) is 4.47. The maximum atomic E-state index is 13.4. The summed E-state index contributed by atoms with van der Waals surface area (Å²) in [7, 11) is 0. The van der Waals surface area contributed by atoms with Gasteiger partial charge in [-0.25, -0.2) is 4.39 Å². The van der Waals surface area contributed by atoms with Crippen LogP contribution in [0.3, 0.4) is 0 Å². The molecule has 102 valence electrons. The van der Waals surface area contributed by atoms with E-state index in [1.54, 1.807) is 24.3 Å². The van der Waals surface area contributed by atoms with E-state index in [2.05, 4.69) is 26.5 Å². The molecule has 0 aliphatic carbocycles. The molecule has 0 atom stereocenters. The van der Waals surface area contributed by atoms with Crippen molar-refractivity contribution < 1.29 is 14.3 Å². The minimum absolute atomic E-state index is 0.0811. The molecule has 20 heavy (non-hydrogen) atoms. The predicted octanol–water partition coefficient (Wildman–Crippen LogP) is 2.40. The number of carboxylic acid groups (broad SMARTS) is 1. The van der Waals surface area contributed by atoms with Crippen molar-refractivity contribution in [3.63, 3.8) is 0 Å². The summed E-state index contributed by atoms with van der Waals surface area (Å²) >= 11 is 3.24. The number of anilines is 1. The molecule has 0 saturated heterocycles. The van der Waals surface area contributed by atoms with Crippen LogP contribution in [-0.2, 0) is 0 Å². The van der Waals surface area contributed by atoms with E-state index in [9.17, 15) is 14.3 Å². The third-order valence-corrected chi connectivity index (χ3v) is 2.97. The highest BCUT2D eigenvalue weighted by Crippen LogP contribution is 2.14. The molecule has 0 bridgehead atoms. The molecule has 0 aromatic heterocycles. The number of carbonyl (C=O) groups is 1. The lowest BCUT2D eigenvalue weighted by Crippen LogP contribution is -2.21. The number of hydrogen-bond acceptors (Lipinski definition) is 4. The Morgan fingerprint density at radius 3 is 2.60 bits per heavy atom. The van der Waals surface area contributed by atoms with Gasteiger partial charge in [-0.2, -0.15) is 5.10 Å². The van der Waals surface area contributed by atoms with Crippen LogP contribution in [0.1, 0.15) is 15.9 Å². The molecule has 2 aromatic carbocycles. The van der Waals surface area contributed by atoms with Crippen LogP contribution in [0.15, 0.2) is 52.0 Å². The zero-order chi connectivity index (χ0) is 14.5. The highest BCUT2D eigenvalue weighted by atomic mass is 79.9. The zero-order valence-corrected chi connectivity index (χ0v) is 11.7. The third-order valence-electron chi connectivity index (χ3n) is 2.48. The van der Waals surface area contributed by atoms with Gasteiger partial charge < -0.3 is 9.90 Å². The second-order valence-electron chi connectivity index (χ2n) is 3.90. The Hall–Kier alpha value is -2.21. The molecule has 0 aliphatic heterocycles. The maximum absolute atomic E-state index is 13.4. The van der Waals surface area contributed by atoms with Gasteiger partial charge in [-0.05, 0) is 35.9 Å². The summed E-state index contributed by atoms with van der Waals surface area (Å²) in [5.74, 6) is -1.62. The maximum Gasteiger partial charge on any atom is 0.132 e. The van der Waals surface area contributed by atoms with Gasteiger partial charge in [-0.3, -0.25) is 5.43 Å². The fourth-order valence-electron chi connectivity index (χ4n) is 1.47. The van der Waals surface area contributed by atoms with Crippen molar-refractivity contribution in [2.75, 3.05) is 5.43 Å². The van der Waals surface area contributed by atoms with E-state index >= 15 is 0 Å². The average Bonchev–Trinajstić information content (AvgIpc) is 2.43. The second-order valence-corrected chi connectivity index (χ2v) is 4.82. The summed E-state index contributed by atoms with van der Waals surface area (Å²) in [4.78, 5) is 10.6. The van der Waals surface area contributed by atoms with Crippen LogP contribution in [0.2, 0.25) is 0 Å². The van der Waals surface area contributed by atoms with Crippen molar-refractivity contribution >= 4 is 33.8 Å². The molecule has 0 radical (unpaired) electrons. The molecule has 1 N–H and O–H groups in total. The summed E-state index contributed by atoms with van der Waals surface area (Å²) in [6.45, 7) is 0. The number of carbonyl (C=O) groups excluding carboxylic acids is 1. The molecule has 4 nitrogen and oxygen atoms in total. The number of halogens is 2. The molecule has 0 fully saturated rings. The van der Waals surface area contributed by atoms with Crippen LogP contribution < -0.4 is 10.5 Å². The van der Waals surface area contributed by atoms with Gasteiger partial charge in [0, 0.05) is 10.0 Å². The van der Waals surface area contributed by atoms with Crippen LogP contribution in [-0.4, -0.2) is 12.2 Å². The lowest BCUT2D eigenvalue weighted by Gasteiger charge is -2.04. The largest absolute Gasteiger partial charge is 0.545 e. The lowest BCUT2D eigenvalue weighted by molar-refractivity contribution is -0.255. The number of rotatable bonds is 4. The summed E-state index contributed by atoms with van der Waals surface area (Å²) in [5.41, 5.74) is 3.68. The first-order valence-electron chi connectivity index (χ1n) is 5.62. The minimum atomic E-state index is -1.24. The third kappa shape index (κ3) is 3.64.